The molecule has 0 spiro atoms. The normalized spacial score (nSPS) is 11.5. The molecule has 0 unspecified atom stereocenters. The van der Waals surface area contributed by atoms with Crippen LogP contribution in [0, 0.1) is 0 Å². The molecular formula is C19H26N4O2+2. The number of carbonyl (C=O) groups is 1. The monoisotopic (exact) mass is 342 g/mol. The van der Waals surface area contributed by atoms with Crippen molar-refractivity contribution in [3.8, 4) is 0 Å². The average Bonchev–Trinajstić information content (AvgIpc) is 3.25. The summed E-state index contributed by atoms with van der Waals surface area (Å²) in [6.45, 7) is 8.56. The second-order valence-corrected chi connectivity index (χ2v) is 6.19. The Bertz CT molecular complexity index is 848. The Balaban J connectivity index is 1.93. The minimum absolute atomic E-state index is 0.0843. The molecule has 0 bridgehead atoms. The lowest BCUT2D eigenvalue weighted by Gasteiger charge is -2.14. The van der Waals surface area contributed by atoms with Crippen LogP contribution in [0.1, 0.15) is 24.4 Å². The average molecular weight is 342 g/mol. The van der Waals surface area contributed by atoms with Crippen molar-refractivity contribution in [3.05, 3.63) is 48.4 Å². The number of nitrogens with two attached hydrogens (primary N) is 1. The number of hydrogen-bond donors (Lipinski definition) is 2. The zero-order valence-corrected chi connectivity index (χ0v) is 14.9. The van der Waals surface area contributed by atoms with E-state index in [1.54, 1.807) is 12.1 Å². The van der Waals surface area contributed by atoms with Crippen molar-refractivity contribution in [1.82, 2.24) is 4.57 Å². The Kier molecular flexibility index (Phi) is 5.19. The summed E-state index contributed by atoms with van der Waals surface area (Å²) in [6.07, 6.45) is 1.51. The maximum atomic E-state index is 12.5. The largest absolute Gasteiger partial charge is 0.461 e. The molecule has 0 aliphatic rings. The van der Waals surface area contributed by atoms with Gasteiger partial charge in [0.15, 0.2) is 5.76 Å². The predicted octanol–water partition coefficient (Wildman–Crippen LogP) is 0.912. The molecule has 0 saturated carbocycles. The van der Waals surface area contributed by atoms with Crippen LogP contribution in [0.3, 0.4) is 0 Å². The van der Waals surface area contributed by atoms with Gasteiger partial charge in [0, 0.05) is 0 Å². The van der Waals surface area contributed by atoms with Gasteiger partial charge in [0.2, 0.25) is 5.78 Å². The first-order valence-electron chi connectivity index (χ1n) is 8.82. The van der Waals surface area contributed by atoms with Crippen LogP contribution in [0.15, 0.2) is 47.1 Å². The van der Waals surface area contributed by atoms with Crippen LogP contribution in [0.2, 0.25) is 0 Å². The summed E-state index contributed by atoms with van der Waals surface area (Å²) in [4.78, 5) is 14.0. The molecule has 2 heterocycles. The number of quaternary nitrogens is 1. The number of Topliss-reactive ketones (excluding diaryl/α,β-unsaturated/α-hetero) is 1. The highest BCUT2D eigenvalue weighted by Crippen LogP contribution is 2.16. The molecule has 0 saturated heterocycles. The van der Waals surface area contributed by atoms with E-state index < -0.39 is 0 Å². The number of furan rings is 1. The summed E-state index contributed by atoms with van der Waals surface area (Å²) in [5.74, 6) is 0.878. The first-order chi connectivity index (χ1) is 12.2. The third-order valence-corrected chi connectivity index (χ3v) is 4.80. The van der Waals surface area contributed by atoms with E-state index >= 15 is 0 Å². The number of anilines is 1. The van der Waals surface area contributed by atoms with E-state index in [1.807, 2.05) is 22.8 Å². The maximum absolute atomic E-state index is 12.5. The third-order valence-electron chi connectivity index (χ3n) is 4.80. The number of ketones is 1. The van der Waals surface area contributed by atoms with E-state index in [0.29, 0.717) is 11.7 Å². The number of benzene rings is 1. The molecule has 25 heavy (non-hydrogen) atoms. The molecule has 0 aliphatic heterocycles. The Labute approximate surface area is 147 Å². The van der Waals surface area contributed by atoms with Crippen molar-refractivity contribution >= 4 is 22.8 Å². The molecule has 0 amide bonds. The highest BCUT2D eigenvalue weighted by atomic mass is 16.3. The van der Waals surface area contributed by atoms with E-state index in [9.17, 15) is 4.79 Å². The Morgan fingerprint density at radius 2 is 1.96 bits per heavy atom. The number of nitrogens with one attached hydrogen (secondary N) is 1. The number of fused-ring (bicyclic) bond motifs is 1. The number of likely N-dealkylation sites (N-methyl/N-ethyl adjacent to an activating group) is 1. The minimum atomic E-state index is -0.0843. The molecule has 0 radical (unpaired) electrons. The van der Waals surface area contributed by atoms with E-state index in [-0.39, 0.29) is 12.3 Å². The fourth-order valence-corrected chi connectivity index (χ4v) is 3.25. The highest BCUT2D eigenvalue weighted by molar-refractivity contribution is 5.92. The second kappa shape index (κ2) is 7.53. The van der Waals surface area contributed by atoms with Crippen molar-refractivity contribution in [2.75, 3.05) is 25.4 Å². The van der Waals surface area contributed by atoms with Crippen LogP contribution >= 0.6 is 0 Å². The van der Waals surface area contributed by atoms with Crippen molar-refractivity contribution in [2.45, 2.75) is 26.9 Å². The lowest BCUT2D eigenvalue weighted by molar-refractivity contribution is -0.897. The Morgan fingerprint density at radius 1 is 1.20 bits per heavy atom. The van der Waals surface area contributed by atoms with E-state index in [1.165, 1.54) is 11.2 Å². The second-order valence-electron chi connectivity index (χ2n) is 6.19. The first-order valence-corrected chi connectivity index (χ1v) is 8.82. The number of nitrogen functional groups attached to an aromatic ring is 1. The van der Waals surface area contributed by atoms with Crippen LogP contribution in [-0.2, 0) is 13.1 Å². The number of imidazole rings is 1. The van der Waals surface area contributed by atoms with Gasteiger partial charge in [0.05, 0.1) is 19.4 Å². The molecule has 1 aromatic carbocycles. The van der Waals surface area contributed by atoms with Crippen LogP contribution < -0.4 is 15.2 Å². The zero-order chi connectivity index (χ0) is 17.8. The SMILES string of the molecule is CC[NH+](CC)CCn1c(N)[n+](CC(=O)c2ccco2)c2ccccc21. The van der Waals surface area contributed by atoms with Gasteiger partial charge in [-0.25, -0.2) is 9.13 Å². The number of hydrogen-bond acceptors (Lipinski definition) is 3. The molecule has 6 heteroatoms. The van der Waals surface area contributed by atoms with Gasteiger partial charge >= 0.3 is 5.95 Å². The van der Waals surface area contributed by atoms with E-state index in [0.717, 1.165) is 37.2 Å². The van der Waals surface area contributed by atoms with Crippen molar-refractivity contribution in [2.24, 2.45) is 0 Å². The number of aromatic nitrogens is 2. The topological polar surface area (TPSA) is 69.5 Å². The molecule has 0 atom stereocenters. The fourth-order valence-electron chi connectivity index (χ4n) is 3.25. The van der Waals surface area contributed by atoms with Gasteiger partial charge in [0.1, 0.15) is 30.7 Å². The smallest absolute Gasteiger partial charge is 0.356 e. The van der Waals surface area contributed by atoms with Crippen LogP contribution in [0.25, 0.3) is 11.0 Å². The quantitative estimate of drug-likeness (QED) is 0.472. The molecule has 6 nitrogen and oxygen atoms in total. The molecule has 132 valence electrons. The molecule has 0 fully saturated rings. The van der Waals surface area contributed by atoms with Crippen LogP contribution in [0.4, 0.5) is 5.95 Å². The lowest BCUT2D eigenvalue weighted by atomic mass is 10.3. The zero-order valence-electron chi connectivity index (χ0n) is 14.9. The number of carbonyl (C=O) groups excluding carboxylic acids is 1. The Hall–Kier alpha value is -2.60. The minimum Gasteiger partial charge on any atom is -0.461 e. The highest BCUT2D eigenvalue weighted by Gasteiger charge is 2.24. The molecule has 3 N–H and O–H groups in total. The number of rotatable bonds is 8. The molecule has 3 aromatic rings. The van der Waals surface area contributed by atoms with Crippen molar-refractivity contribution < 1.29 is 18.7 Å². The summed E-state index contributed by atoms with van der Waals surface area (Å²) in [5.41, 5.74) is 8.44. The summed E-state index contributed by atoms with van der Waals surface area (Å²) >= 11 is 0. The van der Waals surface area contributed by atoms with Gasteiger partial charge in [-0.3, -0.25) is 10.5 Å². The van der Waals surface area contributed by atoms with Crippen LogP contribution in [0.5, 0.6) is 0 Å². The van der Waals surface area contributed by atoms with Crippen LogP contribution in [-0.4, -0.2) is 30.0 Å². The number of nitrogens with zero attached hydrogens (tertiary/aromatic N) is 2. The van der Waals surface area contributed by atoms with E-state index in [2.05, 4.69) is 24.5 Å². The molecule has 3 rings (SSSR count). The fraction of sp³-hybridized carbons (Fsp3) is 0.368. The molecular weight excluding hydrogens is 316 g/mol. The standard InChI is InChI=1S/C19H24N4O2/c1-3-21(4-2)11-12-22-15-8-5-6-9-16(15)23(19(22)20)14-17(24)18-10-7-13-25-18/h5-10,13,20H,3-4,11-12,14H2,1-2H3/p+2. The van der Waals surface area contributed by atoms with Crippen molar-refractivity contribution in [3.63, 3.8) is 0 Å². The maximum Gasteiger partial charge on any atom is 0.356 e. The lowest BCUT2D eigenvalue weighted by Crippen LogP contribution is -3.11. The van der Waals surface area contributed by atoms with Gasteiger partial charge in [-0.15, -0.1) is 0 Å². The number of para-hydroxylation sites is 2. The third kappa shape index (κ3) is 3.44. The summed E-state index contributed by atoms with van der Waals surface area (Å²) in [7, 11) is 0. The summed E-state index contributed by atoms with van der Waals surface area (Å²) in [6, 6.07) is 11.4. The summed E-state index contributed by atoms with van der Waals surface area (Å²) in [5, 5.41) is 0. The van der Waals surface area contributed by atoms with Gasteiger partial charge < -0.3 is 9.32 Å². The van der Waals surface area contributed by atoms with Gasteiger partial charge in [-0.1, -0.05) is 12.1 Å². The first kappa shape index (κ1) is 17.2. The summed E-state index contributed by atoms with van der Waals surface area (Å²) < 4.78 is 9.20. The molecule has 0 aliphatic carbocycles. The van der Waals surface area contributed by atoms with Gasteiger partial charge in [0.25, 0.3) is 0 Å². The van der Waals surface area contributed by atoms with Gasteiger partial charge in [-0.2, -0.15) is 0 Å². The van der Waals surface area contributed by atoms with Gasteiger partial charge in [-0.05, 0) is 38.1 Å². The molecule has 2 aromatic heterocycles. The van der Waals surface area contributed by atoms with Crippen molar-refractivity contribution in [1.29, 1.82) is 0 Å². The Morgan fingerprint density at radius 3 is 2.64 bits per heavy atom. The van der Waals surface area contributed by atoms with E-state index in [4.69, 9.17) is 10.2 Å². The predicted molar refractivity (Wildman–Crippen MR) is 96.5 cm³/mol.